The fraction of sp³-hybridized carbons (Fsp3) is 0.333. The number of nitrogens with zero attached hydrogens (tertiary/aromatic N) is 6. The first-order chi connectivity index (χ1) is 35.8. The predicted octanol–water partition coefficient (Wildman–Crippen LogP) is 10.6. The Morgan fingerprint density at radius 1 is 0.500 bits per heavy atom. The van der Waals surface area contributed by atoms with Crippen molar-refractivity contribution in [2.45, 2.75) is 85.2 Å². The molecule has 4 heterocycles. The number of hydrogen-bond acceptors (Lipinski definition) is 14. The lowest BCUT2D eigenvalue weighted by Gasteiger charge is -2.29. The van der Waals surface area contributed by atoms with Gasteiger partial charge < -0.3 is 27.8 Å². The summed E-state index contributed by atoms with van der Waals surface area (Å²) in [5.41, 5.74) is 2.90. The standard InChI is InChI=1S/2C27H28FN3O5S/c2*1-34-22-8-4-9-23(35-2)26(22)31-25(29-30-27(31)24-10-5-15-36-24)17-37(32,33)21-7-3-6-19(16-21)18-11-13-20(28)14-12-18/h2*4-5,8-15,19,21H,3,6-7,16-17H2,1-2H3/t2*19-,21-/m10/s1. The van der Waals surface area contributed by atoms with Crippen molar-refractivity contribution in [1.29, 1.82) is 0 Å². The predicted molar refractivity (Wildman–Crippen MR) is 272 cm³/mol. The van der Waals surface area contributed by atoms with Crippen LogP contribution in [-0.2, 0) is 31.2 Å². The van der Waals surface area contributed by atoms with Crippen LogP contribution in [0.3, 0.4) is 0 Å². The molecule has 2 aliphatic carbocycles. The van der Waals surface area contributed by atoms with Gasteiger partial charge >= 0.3 is 0 Å². The van der Waals surface area contributed by atoms with Gasteiger partial charge in [-0.25, -0.2) is 25.6 Å². The number of benzene rings is 4. The van der Waals surface area contributed by atoms with E-state index in [4.69, 9.17) is 27.8 Å². The summed E-state index contributed by atoms with van der Waals surface area (Å²) < 4.78 is 119. The smallest absolute Gasteiger partial charge is 0.204 e. The Labute approximate surface area is 428 Å². The van der Waals surface area contributed by atoms with Crippen molar-refractivity contribution in [3.63, 3.8) is 0 Å². The first-order valence-corrected chi connectivity index (χ1v) is 27.6. The molecule has 0 saturated heterocycles. The van der Waals surface area contributed by atoms with Crippen molar-refractivity contribution < 1.29 is 53.4 Å². The molecule has 0 unspecified atom stereocenters. The molecule has 10 rings (SSSR count). The first kappa shape index (κ1) is 51.6. The maximum Gasteiger partial charge on any atom is 0.204 e. The minimum absolute atomic E-state index is 0.0555. The van der Waals surface area contributed by atoms with Gasteiger partial charge in [-0.15, -0.1) is 20.4 Å². The fourth-order valence-electron chi connectivity index (χ4n) is 10.1. The summed E-state index contributed by atoms with van der Waals surface area (Å²) in [7, 11) is -1.12. The molecule has 388 valence electrons. The summed E-state index contributed by atoms with van der Waals surface area (Å²) >= 11 is 0. The molecule has 0 amide bonds. The van der Waals surface area contributed by atoms with Crippen molar-refractivity contribution in [3.8, 4) is 57.5 Å². The maximum absolute atomic E-state index is 13.7. The van der Waals surface area contributed by atoms with Crippen LogP contribution >= 0.6 is 0 Å². The molecular formula is C54H56F2N6O10S2. The number of furan rings is 2. The monoisotopic (exact) mass is 1050 g/mol. The summed E-state index contributed by atoms with van der Waals surface area (Å²) in [6.45, 7) is 0. The lowest BCUT2D eigenvalue weighted by molar-refractivity contribution is 0.390. The van der Waals surface area contributed by atoms with Crippen LogP contribution in [-0.4, -0.2) is 85.3 Å². The molecule has 4 aromatic heterocycles. The van der Waals surface area contributed by atoms with E-state index in [1.165, 1.54) is 65.2 Å². The van der Waals surface area contributed by atoms with Crippen molar-refractivity contribution in [1.82, 2.24) is 29.5 Å². The summed E-state index contributed by atoms with van der Waals surface area (Å²) in [4.78, 5) is 0. The average molecular weight is 1050 g/mol. The highest BCUT2D eigenvalue weighted by molar-refractivity contribution is 7.91. The number of para-hydroxylation sites is 2. The summed E-state index contributed by atoms with van der Waals surface area (Å²) in [5, 5.41) is 16.1. The molecule has 20 heteroatoms. The van der Waals surface area contributed by atoms with E-state index in [0.717, 1.165) is 36.8 Å². The third-order valence-corrected chi connectivity index (χ3v) is 18.0. The number of aromatic nitrogens is 6. The summed E-state index contributed by atoms with van der Waals surface area (Å²) in [6, 6.07) is 30.2. The van der Waals surface area contributed by atoms with E-state index in [9.17, 15) is 25.6 Å². The number of halogens is 2. The van der Waals surface area contributed by atoms with Crippen LogP contribution < -0.4 is 18.9 Å². The van der Waals surface area contributed by atoms with E-state index in [2.05, 4.69) is 20.4 Å². The molecule has 2 saturated carbocycles. The molecule has 2 aliphatic rings. The molecular weight excluding hydrogens is 995 g/mol. The second-order valence-electron chi connectivity index (χ2n) is 18.2. The van der Waals surface area contributed by atoms with Crippen molar-refractivity contribution in [2.75, 3.05) is 28.4 Å². The van der Waals surface area contributed by atoms with Gasteiger partial charge in [-0.2, -0.15) is 0 Å². The zero-order chi connectivity index (χ0) is 52.0. The third kappa shape index (κ3) is 11.0. The van der Waals surface area contributed by atoms with Crippen LogP contribution in [0.5, 0.6) is 23.0 Å². The molecule has 8 aromatic rings. The van der Waals surface area contributed by atoms with Gasteiger partial charge in [0.25, 0.3) is 0 Å². The van der Waals surface area contributed by atoms with Gasteiger partial charge in [0.1, 0.15) is 57.5 Å². The van der Waals surface area contributed by atoms with E-state index in [0.29, 0.717) is 83.2 Å². The lowest BCUT2D eigenvalue weighted by Crippen LogP contribution is -2.29. The second kappa shape index (κ2) is 22.4. The van der Waals surface area contributed by atoms with Crippen LogP contribution in [0.1, 0.15) is 86.0 Å². The molecule has 0 N–H and O–H groups in total. The molecule has 0 bridgehead atoms. The Morgan fingerprint density at radius 2 is 0.865 bits per heavy atom. The Hall–Kier alpha value is -7.32. The van der Waals surface area contributed by atoms with Gasteiger partial charge in [-0.3, -0.25) is 9.13 Å². The van der Waals surface area contributed by atoms with Crippen LogP contribution in [0.2, 0.25) is 0 Å². The Kier molecular flexibility index (Phi) is 15.6. The topological polar surface area (TPSA) is 193 Å². The Balaban J connectivity index is 0.000000182. The minimum atomic E-state index is -3.62. The van der Waals surface area contributed by atoms with Gasteiger partial charge in [-0.1, -0.05) is 49.2 Å². The van der Waals surface area contributed by atoms with Gasteiger partial charge in [0.2, 0.25) is 11.6 Å². The van der Waals surface area contributed by atoms with E-state index >= 15 is 0 Å². The molecule has 4 atom stereocenters. The molecule has 0 aliphatic heterocycles. The van der Waals surface area contributed by atoms with E-state index < -0.39 is 30.2 Å². The molecule has 4 aromatic carbocycles. The van der Waals surface area contributed by atoms with E-state index in [-0.39, 0.29) is 46.6 Å². The first-order valence-electron chi connectivity index (χ1n) is 24.2. The molecule has 0 spiro atoms. The Bertz CT molecular complexity index is 3110. The average Bonchev–Trinajstić information content (AvgIpc) is 4.28. The van der Waals surface area contributed by atoms with Crippen molar-refractivity contribution in [2.24, 2.45) is 0 Å². The van der Waals surface area contributed by atoms with Gasteiger partial charge in [0.05, 0.1) is 51.5 Å². The summed E-state index contributed by atoms with van der Waals surface area (Å²) in [5.74, 6) is 2.76. The molecule has 74 heavy (non-hydrogen) atoms. The van der Waals surface area contributed by atoms with E-state index in [1.807, 2.05) is 0 Å². The van der Waals surface area contributed by atoms with E-state index in [1.54, 1.807) is 94.1 Å². The highest BCUT2D eigenvalue weighted by Gasteiger charge is 2.37. The normalized spacial score (nSPS) is 18.0. The zero-order valence-electron chi connectivity index (χ0n) is 41.3. The number of rotatable bonds is 16. The van der Waals surface area contributed by atoms with Crippen LogP contribution in [0, 0.1) is 11.6 Å². The number of ether oxygens (including phenoxy) is 4. The number of hydrogen-bond donors (Lipinski definition) is 0. The highest BCUT2D eigenvalue weighted by Crippen LogP contribution is 2.42. The van der Waals surface area contributed by atoms with Crippen LogP contribution in [0.25, 0.3) is 34.5 Å². The van der Waals surface area contributed by atoms with Gasteiger partial charge in [-0.05, 0) is 134 Å². The second-order valence-corrected chi connectivity index (χ2v) is 22.8. The zero-order valence-corrected chi connectivity index (χ0v) is 42.9. The minimum Gasteiger partial charge on any atom is -0.494 e. The largest absolute Gasteiger partial charge is 0.494 e. The summed E-state index contributed by atoms with van der Waals surface area (Å²) in [6.07, 6.45) is 8.41. The molecule has 2 fully saturated rings. The molecule has 0 radical (unpaired) electrons. The maximum atomic E-state index is 13.7. The highest BCUT2D eigenvalue weighted by atomic mass is 32.2. The van der Waals surface area contributed by atoms with Crippen molar-refractivity contribution >= 4 is 19.7 Å². The quantitative estimate of drug-likeness (QED) is 0.0887. The lowest BCUT2D eigenvalue weighted by atomic mass is 9.84. The molecule has 16 nitrogen and oxygen atoms in total. The van der Waals surface area contributed by atoms with Crippen LogP contribution in [0.15, 0.2) is 131 Å². The SMILES string of the molecule is COc1cccc(OC)c1-n1c(CS(=O)(=O)[C@@H]2CCC[C@@H](c3ccc(F)cc3)C2)nnc1-c1ccco1.COc1cccc(OC)c1-n1c(CS(=O)(=O)[C@H]2CCC[C@H](c3ccc(F)cc3)C2)nnc1-c1ccco1. The fourth-order valence-corrected chi connectivity index (χ4v) is 13.8. The van der Waals surface area contributed by atoms with Crippen LogP contribution in [0.4, 0.5) is 8.78 Å². The van der Waals surface area contributed by atoms with Crippen molar-refractivity contribution in [3.05, 3.63) is 156 Å². The Morgan fingerprint density at radius 3 is 1.19 bits per heavy atom. The van der Waals surface area contributed by atoms with Gasteiger partial charge in [0.15, 0.2) is 42.8 Å². The third-order valence-electron chi connectivity index (χ3n) is 13.8. The van der Waals surface area contributed by atoms with Gasteiger partial charge in [0, 0.05) is 0 Å². The number of sulfone groups is 2. The number of methoxy groups -OCH3 is 4.